The molecule has 104 valence electrons. The Morgan fingerprint density at radius 1 is 1.00 bits per heavy atom. The Morgan fingerprint density at radius 2 is 1.52 bits per heavy atom. The van der Waals surface area contributed by atoms with Crippen molar-refractivity contribution in [2.75, 3.05) is 6.61 Å². The molecule has 0 aliphatic carbocycles. The first-order valence-electron chi connectivity index (χ1n) is 6.60. The number of Topliss-reactive ketones (excluding diaryl/α,β-unsaturated/α-hetero) is 1. The summed E-state index contributed by atoms with van der Waals surface area (Å²) in [6.07, 6.45) is 0. The van der Waals surface area contributed by atoms with Crippen LogP contribution in [-0.4, -0.2) is 12.4 Å². The van der Waals surface area contributed by atoms with Crippen molar-refractivity contribution in [1.82, 2.24) is 0 Å². The molecule has 0 aliphatic rings. The highest BCUT2D eigenvalue weighted by Crippen LogP contribution is 2.18. The van der Waals surface area contributed by atoms with Crippen LogP contribution >= 0.6 is 0 Å². The van der Waals surface area contributed by atoms with Crippen molar-refractivity contribution in [3.05, 3.63) is 77.5 Å². The molecule has 0 spiro atoms. The lowest BCUT2D eigenvalue weighted by atomic mass is 10.1. The molecule has 0 aliphatic heterocycles. The molecular formula is C18H15NO2. The summed E-state index contributed by atoms with van der Waals surface area (Å²) >= 11 is 0. The second kappa shape index (κ2) is 7.06. The monoisotopic (exact) mass is 277 g/mol. The number of allylic oxidation sites excluding steroid dienone is 2. The summed E-state index contributed by atoms with van der Waals surface area (Å²) in [7, 11) is 0. The third kappa shape index (κ3) is 3.80. The van der Waals surface area contributed by atoms with Crippen LogP contribution in [-0.2, 0) is 4.74 Å². The minimum Gasteiger partial charge on any atom is -0.489 e. The Morgan fingerprint density at radius 3 is 2.05 bits per heavy atom. The van der Waals surface area contributed by atoms with E-state index in [1.807, 2.05) is 36.4 Å². The molecule has 0 unspecified atom stereocenters. The quantitative estimate of drug-likeness (QED) is 0.474. The van der Waals surface area contributed by atoms with Crippen LogP contribution in [0.25, 0.3) is 5.57 Å². The molecule has 2 aromatic carbocycles. The van der Waals surface area contributed by atoms with E-state index in [2.05, 4.69) is 6.07 Å². The summed E-state index contributed by atoms with van der Waals surface area (Å²) in [5.41, 5.74) is 1.82. The first-order chi connectivity index (χ1) is 10.2. The Kier molecular flexibility index (Phi) is 4.89. The molecule has 0 heterocycles. The predicted octanol–water partition coefficient (Wildman–Crippen LogP) is 3.84. The lowest BCUT2D eigenvalue weighted by molar-refractivity contribution is 0.0865. The smallest absolute Gasteiger partial charge is 0.200 e. The van der Waals surface area contributed by atoms with Gasteiger partial charge < -0.3 is 4.74 Å². The van der Waals surface area contributed by atoms with Gasteiger partial charge in [0, 0.05) is 5.56 Å². The number of carbonyl (C=O) groups is 1. The Bertz CT molecular complexity index is 682. The second-order valence-electron chi connectivity index (χ2n) is 4.49. The van der Waals surface area contributed by atoms with Gasteiger partial charge in [-0.25, -0.2) is 0 Å². The predicted molar refractivity (Wildman–Crippen MR) is 81.4 cm³/mol. The van der Waals surface area contributed by atoms with Gasteiger partial charge in [0.05, 0.1) is 5.57 Å². The topological polar surface area (TPSA) is 50.1 Å². The Balaban J connectivity index is 2.10. The standard InChI is InChI=1S/C18H15NO2/c1-14(17(12-19)15-8-4-2-5-9-15)21-13-18(20)16-10-6-3-7-11-16/h2-11H,13H2,1H3/b17-14+. The van der Waals surface area contributed by atoms with Crippen molar-refractivity contribution in [2.45, 2.75) is 6.92 Å². The van der Waals surface area contributed by atoms with E-state index in [4.69, 9.17) is 4.74 Å². The highest BCUT2D eigenvalue weighted by molar-refractivity contribution is 5.97. The number of benzene rings is 2. The number of ketones is 1. The zero-order valence-electron chi connectivity index (χ0n) is 11.7. The molecule has 21 heavy (non-hydrogen) atoms. The number of hydrogen-bond donors (Lipinski definition) is 0. The van der Waals surface area contributed by atoms with Gasteiger partial charge >= 0.3 is 0 Å². The van der Waals surface area contributed by atoms with Gasteiger partial charge in [0.1, 0.15) is 11.8 Å². The van der Waals surface area contributed by atoms with Crippen molar-refractivity contribution >= 4 is 11.4 Å². The third-order valence-corrected chi connectivity index (χ3v) is 3.04. The molecule has 0 radical (unpaired) electrons. The summed E-state index contributed by atoms with van der Waals surface area (Å²) in [6.45, 7) is 1.62. The summed E-state index contributed by atoms with van der Waals surface area (Å²) < 4.78 is 5.47. The second-order valence-corrected chi connectivity index (χ2v) is 4.49. The maximum atomic E-state index is 12.0. The number of carbonyl (C=O) groups excluding carboxylic acids is 1. The van der Waals surface area contributed by atoms with E-state index in [1.165, 1.54) is 0 Å². The maximum Gasteiger partial charge on any atom is 0.200 e. The minimum atomic E-state index is -0.111. The maximum absolute atomic E-state index is 12.0. The fourth-order valence-corrected chi connectivity index (χ4v) is 1.90. The summed E-state index contributed by atoms with van der Waals surface area (Å²) in [5, 5.41) is 9.26. The molecular weight excluding hydrogens is 262 g/mol. The van der Waals surface area contributed by atoms with Gasteiger partial charge in [0.15, 0.2) is 12.4 Å². The van der Waals surface area contributed by atoms with Gasteiger partial charge in [-0.1, -0.05) is 60.7 Å². The zero-order chi connectivity index (χ0) is 15.1. The zero-order valence-corrected chi connectivity index (χ0v) is 11.7. The molecule has 0 saturated heterocycles. The summed E-state index contributed by atoms with van der Waals surface area (Å²) in [4.78, 5) is 12.0. The highest BCUT2D eigenvalue weighted by atomic mass is 16.5. The molecule has 3 nitrogen and oxygen atoms in total. The number of nitrogens with zero attached hydrogens (tertiary/aromatic N) is 1. The van der Waals surface area contributed by atoms with Gasteiger partial charge in [-0.2, -0.15) is 5.26 Å². The average molecular weight is 277 g/mol. The van der Waals surface area contributed by atoms with Crippen LogP contribution < -0.4 is 0 Å². The molecule has 2 aromatic rings. The largest absolute Gasteiger partial charge is 0.489 e. The van der Waals surface area contributed by atoms with Crippen molar-refractivity contribution in [3.8, 4) is 6.07 Å². The van der Waals surface area contributed by atoms with E-state index in [0.717, 1.165) is 5.56 Å². The van der Waals surface area contributed by atoms with E-state index < -0.39 is 0 Å². The Labute approximate surface area is 124 Å². The van der Waals surface area contributed by atoms with Crippen LogP contribution in [0.3, 0.4) is 0 Å². The minimum absolute atomic E-state index is 0.0755. The first kappa shape index (κ1) is 14.5. The van der Waals surface area contributed by atoms with Crippen LogP contribution in [0.15, 0.2) is 66.4 Å². The highest BCUT2D eigenvalue weighted by Gasteiger charge is 2.10. The van der Waals surface area contributed by atoms with Crippen LogP contribution in [0, 0.1) is 11.3 Å². The van der Waals surface area contributed by atoms with Gasteiger partial charge in [0.2, 0.25) is 0 Å². The lowest BCUT2D eigenvalue weighted by Gasteiger charge is -2.08. The van der Waals surface area contributed by atoms with Crippen LogP contribution in [0.2, 0.25) is 0 Å². The van der Waals surface area contributed by atoms with E-state index in [9.17, 15) is 10.1 Å². The summed E-state index contributed by atoms with van der Waals surface area (Å²) in [6, 6.07) is 20.3. The van der Waals surface area contributed by atoms with E-state index in [1.54, 1.807) is 31.2 Å². The van der Waals surface area contributed by atoms with Gasteiger partial charge in [-0.15, -0.1) is 0 Å². The lowest BCUT2D eigenvalue weighted by Crippen LogP contribution is -2.08. The van der Waals surface area contributed by atoms with Crippen molar-refractivity contribution < 1.29 is 9.53 Å². The molecule has 0 amide bonds. The number of ether oxygens (including phenoxy) is 1. The number of rotatable bonds is 5. The normalized spacial score (nSPS) is 11.2. The third-order valence-electron chi connectivity index (χ3n) is 3.04. The molecule has 0 bridgehead atoms. The number of hydrogen-bond acceptors (Lipinski definition) is 3. The fourth-order valence-electron chi connectivity index (χ4n) is 1.90. The Hall–Kier alpha value is -2.86. The van der Waals surface area contributed by atoms with Gasteiger partial charge in [0.25, 0.3) is 0 Å². The summed E-state index contributed by atoms with van der Waals surface area (Å²) in [5.74, 6) is 0.341. The van der Waals surface area contributed by atoms with Crippen molar-refractivity contribution in [3.63, 3.8) is 0 Å². The SMILES string of the molecule is C/C(OCC(=O)c1ccccc1)=C(/C#N)c1ccccc1. The molecule has 0 N–H and O–H groups in total. The molecule has 0 atom stereocenters. The molecule has 0 fully saturated rings. The fraction of sp³-hybridized carbons (Fsp3) is 0.111. The van der Waals surface area contributed by atoms with Crippen molar-refractivity contribution in [2.24, 2.45) is 0 Å². The van der Waals surface area contributed by atoms with Crippen LogP contribution in [0.4, 0.5) is 0 Å². The average Bonchev–Trinajstić information content (AvgIpc) is 2.55. The molecule has 2 rings (SSSR count). The van der Waals surface area contributed by atoms with Crippen LogP contribution in [0.1, 0.15) is 22.8 Å². The van der Waals surface area contributed by atoms with Gasteiger partial charge in [-0.3, -0.25) is 4.79 Å². The number of nitriles is 1. The molecule has 3 heteroatoms. The van der Waals surface area contributed by atoms with Crippen LogP contribution in [0.5, 0.6) is 0 Å². The molecule has 0 saturated carbocycles. The van der Waals surface area contributed by atoms with E-state index >= 15 is 0 Å². The van der Waals surface area contributed by atoms with Crippen molar-refractivity contribution in [1.29, 1.82) is 5.26 Å². The van der Waals surface area contributed by atoms with E-state index in [0.29, 0.717) is 16.9 Å². The first-order valence-corrected chi connectivity index (χ1v) is 6.60. The van der Waals surface area contributed by atoms with E-state index in [-0.39, 0.29) is 12.4 Å². The molecule has 0 aromatic heterocycles. The van der Waals surface area contributed by atoms with Gasteiger partial charge in [-0.05, 0) is 12.5 Å².